The molecule has 0 atom stereocenters. The average Bonchev–Trinajstić information content (AvgIpc) is 2.78. The van der Waals surface area contributed by atoms with Gasteiger partial charge in [-0.25, -0.2) is 8.42 Å². The summed E-state index contributed by atoms with van der Waals surface area (Å²) in [6.07, 6.45) is 2.35. The van der Waals surface area contributed by atoms with Crippen molar-refractivity contribution in [3.63, 3.8) is 0 Å². The number of likely N-dealkylation sites (tertiary alicyclic amines) is 1. The molecule has 2 aromatic carbocycles. The van der Waals surface area contributed by atoms with Crippen LogP contribution in [0.1, 0.15) is 41.3 Å². The van der Waals surface area contributed by atoms with Crippen LogP contribution in [-0.4, -0.2) is 51.1 Å². The van der Waals surface area contributed by atoms with E-state index in [0.717, 1.165) is 11.1 Å². The summed E-state index contributed by atoms with van der Waals surface area (Å²) < 4.78 is 31.3. The number of piperidine rings is 1. The number of nitrogens with zero attached hydrogens (tertiary/aromatic N) is 2. The predicted molar refractivity (Wildman–Crippen MR) is 124 cm³/mol. The molecule has 0 N–H and O–H groups in total. The van der Waals surface area contributed by atoms with Gasteiger partial charge >= 0.3 is 5.97 Å². The number of hydrogen-bond acceptors (Lipinski definition) is 5. The van der Waals surface area contributed by atoms with Gasteiger partial charge in [0, 0.05) is 18.7 Å². The molecule has 7 nitrogen and oxygen atoms in total. The predicted octanol–water partition coefficient (Wildman–Crippen LogP) is 3.38. The molecular formula is C24H30N2O5S. The number of carbonyl (C=O) groups excluding carboxylic acids is 2. The van der Waals surface area contributed by atoms with Crippen LogP contribution in [-0.2, 0) is 26.1 Å². The number of carbonyl (C=O) groups is 2. The van der Waals surface area contributed by atoms with Crippen LogP contribution < -0.4 is 4.31 Å². The first-order valence-corrected chi connectivity index (χ1v) is 12.6. The third-order valence-electron chi connectivity index (χ3n) is 5.78. The Morgan fingerprint density at radius 2 is 1.69 bits per heavy atom. The summed E-state index contributed by atoms with van der Waals surface area (Å²) in [5, 5.41) is 0. The quantitative estimate of drug-likeness (QED) is 0.594. The van der Waals surface area contributed by atoms with Gasteiger partial charge in [-0.1, -0.05) is 24.3 Å². The van der Waals surface area contributed by atoms with Crippen LogP contribution in [0.3, 0.4) is 0 Å². The number of aryl methyl sites for hydroxylation is 1. The number of rotatable bonds is 7. The molecule has 0 bridgehead atoms. The van der Waals surface area contributed by atoms with Crippen molar-refractivity contribution in [2.24, 2.45) is 5.92 Å². The molecule has 8 heteroatoms. The molecule has 0 saturated carbocycles. The van der Waals surface area contributed by atoms with Gasteiger partial charge in [0.15, 0.2) is 0 Å². The Balaban J connectivity index is 1.71. The molecule has 1 amide bonds. The van der Waals surface area contributed by atoms with E-state index in [2.05, 4.69) is 0 Å². The maximum absolute atomic E-state index is 12.9. The van der Waals surface area contributed by atoms with Gasteiger partial charge in [0.25, 0.3) is 5.91 Å². The lowest BCUT2D eigenvalue weighted by molar-refractivity contribution is -0.149. The number of anilines is 1. The topological polar surface area (TPSA) is 84.0 Å². The minimum absolute atomic E-state index is 0.122. The van der Waals surface area contributed by atoms with Gasteiger partial charge in [-0.15, -0.1) is 0 Å². The zero-order valence-corrected chi connectivity index (χ0v) is 19.6. The number of amides is 1. The highest BCUT2D eigenvalue weighted by molar-refractivity contribution is 7.92. The summed E-state index contributed by atoms with van der Waals surface area (Å²) in [4.78, 5) is 26.5. The van der Waals surface area contributed by atoms with Gasteiger partial charge in [0.05, 0.1) is 31.0 Å². The van der Waals surface area contributed by atoms with Gasteiger partial charge < -0.3 is 9.64 Å². The van der Waals surface area contributed by atoms with E-state index in [1.54, 1.807) is 36.1 Å². The molecule has 1 aliphatic heterocycles. The van der Waals surface area contributed by atoms with Gasteiger partial charge in [-0.2, -0.15) is 0 Å². The lowest BCUT2D eigenvalue weighted by atomic mass is 9.96. The van der Waals surface area contributed by atoms with Crippen LogP contribution >= 0.6 is 0 Å². The minimum atomic E-state index is -3.51. The molecule has 172 valence electrons. The Morgan fingerprint density at radius 3 is 2.25 bits per heavy atom. The van der Waals surface area contributed by atoms with Crippen molar-refractivity contribution in [3.05, 3.63) is 65.2 Å². The van der Waals surface area contributed by atoms with Crippen molar-refractivity contribution >= 4 is 27.6 Å². The van der Waals surface area contributed by atoms with Gasteiger partial charge in [-0.3, -0.25) is 13.9 Å². The molecule has 1 fully saturated rings. The molecule has 3 rings (SSSR count). The van der Waals surface area contributed by atoms with Gasteiger partial charge in [0.1, 0.15) is 0 Å². The fourth-order valence-corrected chi connectivity index (χ4v) is 4.75. The largest absolute Gasteiger partial charge is 0.466 e. The Hall–Kier alpha value is -2.87. The second kappa shape index (κ2) is 10.2. The number of sulfonamides is 1. The Labute approximate surface area is 190 Å². The number of benzene rings is 2. The van der Waals surface area contributed by atoms with Crippen molar-refractivity contribution in [2.75, 3.05) is 30.3 Å². The normalized spacial score (nSPS) is 14.8. The highest BCUT2D eigenvalue weighted by atomic mass is 32.2. The Kier molecular flexibility index (Phi) is 7.56. The molecule has 0 aliphatic carbocycles. The van der Waals surface area contributed by atoms with Crippen molar-refractivity contribution < 1.29 is 22.7 Å². The molecule has 0 unspecified atom stereocenters. The fourth-order valence-electron chi connectivity index (χ4n) is 3.87. The molecule has 0 spiro atoms. The summed E-state index contributed by atoms with van der Waals surface area (Å²) in [6.45, 7) is 5.30. The first-order valence-electron chi connectivity index (χ1n) is 10.8. The van der Waals surface area contributed by atoms with E-state index < -0.39 is 10.0 Å². The summed E-state index contributed by atoms with van der Waals surface area (Å²) in [5.74, 6) is -0.478. The SMILES string of the molecule is CCOC(=O)C1CCN(C(=O)c2ccc(N(Cc3ccccc3C)S(C)(=O)=O)cc2)CC1. The summed E-state index contributed by atoms with van der Waals surface area (Å²) in [5.41, 5.74) is 2.93. The van der Waals surface area contributed by atoms with E-state index in [-0.39, 0.29) is 24.3 Å². The third kappa shape index (κ3) is 5.68. The highest BCUT2D eigenvalue weighted by Gasteiger charge is 2.29. The summed E-state index contributed by atoms with van der Waals surface area (Å²) >= 11 is 0. The zero-order chi connectivity index (χ0) is 23.3. The van der Waals surface area contributed by atoms with E-state index in [1.165, 1.54) is 10.6 Å². The molecule has 1 heterocycles. The molecule has 2 aromatic rings. The molecule has 0 radical (unpaired) electrons. The van der Waals surface area contributed by atoms with Crippen molar-refractivity contribution in [1.29, 1.82) is 0 Å². The van der Waals surface area contributed by atoms with Crippen LogP contribution in [0, 0.1) is 12.8 Å². The van der Waals surface area contributed by atoms with Gasteiger partial charge in [-0.05, 0) is 62.1 Å². The Morgan fingerprint density at radius 1 is 1.06 bits per heavy atom. The Bertz CT molecular complexity index is 1060. The van der Waals surface area contributed by atoms with E-state index in [0.29, 0.717) is 43.8 Å². The average molecular weight is 459 g/mol. The standard InChI is InChI=1S/C24H30N2O5S/c1-4-31-24(28)20-13-15-25(16-14-20)23(27)19-9-11-22(12-10-19)26(32(3,29)30)17-21-8-6-5-7-18(21)2/h5-12,20H,4,13-17H2,1-3H3. The summed E-state index contributed by atoms with van der Waals surface area (Å²) in [7, 11) is -3.51. The second-order valence-corrected chi connectivity index (χ2v) is 9.97. The van der Waals surface area contributed by atoms with Crippen LogP contribution in [0.25, 0.3) is 0 Å². The van der Waals surface area contributed by atoms with Gasteiger partial charge in [0.2, 0.25) is 10.0 Å². The van der Waals surface area contributed by atoms with E-state index in [1.807, 2.05) is 31.2 Å². The molecule has 1 aliphatic rings. The van der Waals surface area contributed by atoms with E-state index >= 15 is 0 Å². The first kappa shape index (κ1) is 23.8. The van der Waals surface area contributed by atoms with Crippen LogP contribution in [0.2, 0.25) is 0 Å². The first-order chi connectivity index (χ1) is 15.2. The van der Waals surface area contributed by atoms with E-state index in [9.17, 15) is 18.0 Å². The third-order valence-corrected chi connectivity index (χ3v) is 6.92. The van der Waals surface area contributed by atoms with Crippen LogP contribution in [0.15, 0.2) is 48.5 Å². The molecular weight excluding hydrogens is 428 g/mol. The lowest BCUT2D eigenvalue weighted by Crippen LogP contribution is -2.40. The van der Waals surface area contributed by atoms with E-state index in [4.69, 9.17) is 4.74 Å². The van der Waals surface area contributed by atoms with Crippen molar-refractivity contribution in [2.45, 2.75) is 33.2 Å². The van der Waals surface area contributed by atoms with Crippen molar-refractivity contribution in [3.8, 4) is 0 Å². The second-order valence-electron chi connectivity index (χ2n) is 8.06. The number of ether oxygens (including phenoxy) is 1. The van der Waals surface area contributed by atoms with Crippen molar-refractivity contribution in [1.82, 2.24) is 4.90 Å². The number of hydrogen-bond donors (Lipinski definition) is 0. The van der Waals surface area contributed by atoms with Crippen LogP contribution in [0.4, 0.5) is 5.69 Å². The summed E-state index contributed by atoms with van der Waals surface area (Å²) in [6, 6.07) is 14.3. The lowest BCUT2D eigenvalue weighted by Gasteiger charge is -2.31. The highest BCUT2D eigenvalue weighted by Crippen LogP contribution is 2.24. The molecule has 1 saturated heterocycles. The minimum Gasteiger partial charge on any atom is -0.466 e. The molecule has 32 heavy (non-hydrogen) atoms. The smallest absolute Gasteiger partial charge is 0.309 e. The number of esters is 1. The fraction of sp³-hybridized carbons (Fsp3) is 0.417. The molecule has 0 aromatic heterocycles. The zero-order valence-electron chi connectivity index (χ0n) is 18.8. The van der Waals surface area contributed by atoms with Crippen LogP contribution in [0.5, 0.6) is 0 Å². The monoisotopic (exact) mass is 458 g/mol. The maximum atomic E-state index is 12.9. The maximum Gasteiger partial charge on any atom is 0.309 e.